The quantitative estimate of drug-likeness (QED) is 0.741. The minimum Gasteiger partial charge on any atom is -0.377 e. The topological polar surface area (TPSA) is 35.2 Å². The summed E-state index contributed by atoms with van der Waals surface area (Å²) >= 11 is 1.82. The third-order valence-electron chi connectivity index (χ3n) is 1.95. The first-order valence-corrected chi connectivity index (χ1v) is 4.98. The smallest absolute Gasteiger partial charge is 0.0723 e. The van der Waals surface area contributed by atoms with Crippen LogP contribution >= 0.6 is 24.2 Å². The third kappa shape index (κ3) is 2.51. The predicted octanol–water partition coefficient (Wildman–Crippen LogP) is 1.28. The fourth-order valence-corrected chi connectivity index (χ4v) is 2.27. The Morgan fingerprint density at radius 2 is 2.27 bits per heavy atom. The number of rotatable bonds is 3. The van der Waals surface area contributed by atoms with Crippen molar-refractivity contribution < 1.29 is 4.74 Å². The summed E-state index contributed by atoms with van der Waals surface area (Å²) in [6, 6.07) is 0.367. The van der Waals surface area contributed by atoms with Crippen molar-refractivity contribution in [2.24, 2.45) is 5.73 Å². The molecule has 3 atom stereocenters. The molecule has 0 radical (unpaired) electrons. The molecule has 0 aromatic rings. The minimum absolute atomic E-state index is 0. The molecule has 4 heteroatoms. The van der Waals surface area contributed by atoms with Crippen molar-refractivity contribution in [3.63, 3.8) is 0 Å². The van der Waals surface area contributed by atoms with Crippen LogP contribution in [0, 0.1) is 0 Å². The van der Waals surface area contributed by atoms with Crippen LogP contribution in [0.15, 0.2) is 0 Å². The second-order valence-corrected chi connectivity index (χ2v) is 3.61. The van der Waals surface area contributed by atoms with Crippen molar-refractivity contribution in [1.29, 1.82) is 0 Å². The average Bonchev–Trinajstić information content (AvgIpc) is 1.88. The van der Waals surface area contributed by atoms with Crippen LogP contribution in [-0.4, -0.2) is 30.3 Å². The van der Waals surface area contributed by atoms with Crippen molar-refractivity contribution in [2.75, 3.05) is 12.9 Å². The van der Waals surface area contributed by atoms with Gasteiger partial charge in [0.05, 0.1) is 6.10 Å². The van der Waals surface area contributed by atoms with Crippen molar-refractivity contribution >= 4 is 24.2 Å². The third-order valence-corrected chi connectivity index (χ3v) is 3.14. The molecule has 0 spiro atoms. The molecule has 1 aliphatic rings. The highest BCUT2D eigenvalue weighted by atomic mass is 35.5. The van der Waals surface area contributed by atoms with E-state index < -0.39 is 0 Å². The number of ether oxygens (including phenoxy) is 1. The lowest BCUT2D eigenvalue weighted by molar-refractivity contribution is 0.00541. The molecule has 1 saturated carbocycles. The van der Waals surface area contributed by atoms with Crippen molar-refractivity contribution in [3.8, 4) is 0 Å². The van der Waals surface area contributed by atoms with Crippen LogP contribution in [-0.2, 0) is 4.74 Å². The first kappa shape index (κ1) is 11.6. The van der Waals surface area contributed by atoms with Crippen molar-refractivity contribution in [1.82, 2.24) is 0 Å². The van der Waals surface area contributed by atoms with Gasteiger partial charge in [-0.1, -0.05) is 0 Å². The zero-order valence-electron chi connectivity index (χ0n) is 6.95. The first-order chi connectivity index (χ1) is 4.79. The van der Waals surface area contributed by atoms with E-state index in [0.717, 1.165) is 13.0 Å². The van der Waals surface area contributed by atoms with E-state index in [9.17, 15) is 0 Å². The van der Waals surface area contributed by atoms with Crippen LogP contribution in [0.25, 0.3) is 0 Å². The Labute approximate surface area is 78.7 Å². The molecule has 0 heterocycles. The number of hydrogen-bond donors (Lipinski definition) is 1. The van der Waals surface area contributed by atoms with E-state index in [1.165, 1.54) is 0 Å². The molecule has 1 fully saturated rings. The molecule has 0 saturated heterocycles. The molecular weight excluding hydrogens is 182 g/mol. The summed E-state index contributed by atoms with van der Waals surface area (Å²) in [4.78, 5) is 0. The average molecular weight is 198 g/mol. The highest BCUT2D eigenvalue weighted by Crippen LogP contribution is 2.31. The standard InChI is InChI=1S/C7H15NOS.ClH/c1-3-9-6-4-5(8)7(6)10-2;/h5-7H,3-4,8H2,1-2H3;1H/t5-,6-,7+;/m1./s1. The van der Waals surface area contributed by atoms with Gasteiger partial charge >= 0.3 is 0 Å². The monoisotopic (exact) mass is 197 g/mol. The molecule has 0 aliphatic heterocycles. The SMILES string of the molecule is CCO[C@@H]1C[C@@H](N)[C@@H]1SC.Cl. The molecule has 2 nitrogen and oxygen atoms in total. The summed E-state index contributed by atoms with van der Waals surface area (Å²) in [5, 5.41) is 0.542. The lowest BCUT2D eigenvalue weighted by atomic mass is 9.89. The van der Waals surface area contributed by atoms with Crippen molar-refractivity contribution in [2.45, 2.75) is 30.7 Å². The maximum Gasteiger partial charge on any atom is 0.0723 e. The number of thioether (sulfide) groups is 1. The molecule has 1 aliphatic carbocycles. The minimum atomic E-state index is 0. The van der Waals surface area contributed by atoms with Gasteiger partial charge in [0.2, 0.25) is 0 Å². The molecule has 68 valence electrons. The molecule has 1 rings (SSSR count). The van der Waals surface area contributed by atoms with Gasteiger partial charge in [0, 0.05) is 17.9 Å². The Balaban J connectivity index is 0.000001000. The van der Waals surface area contributed by atoms with Gasteiger partial charge in [-0.25, -0.2) is 0 Å². The van der Waals surface area contributed by atoms with Gasteiger partial charge in [0.15, 0.2) is 0 Å². The van der Waals surface area contributed by atoms with Gasteiger partial charge in [-0.2, -0.15) is 11.8 Å². The summed E-state index contributed by atoms with van der Waals surface area (Å²) in [6.45, 7) is 2.84. The molecule has 0 aromatic heterocycles. The second-order valence-electron chi connectivity index (χ2n) is 2.59. The lowest BCUT2D eigenvalue weighted by Crippen LogP contribution is -2.54. The zero-order chi connectivity index (χ0) is 7.56. The summed E-state index contributed by atoms with van der Waals surface area (Å²) < 4.78 is 5.45. The van der Waals surface area contributed by atoms with Crippen LogP contribution in [0.4, 0.5) is 0 Å². The number of hydrogen-bond acceptors (Lipinski definition) is 3. The van der Waals surface area contributed by atoms with Gasteiger partial charge in [-0.3, -0.25) is 0 Å². The summed E-state index contributed by atoms with van der Waals surface area (Å²) in [5.74, 6) is 0. The second kappa shape index (κ2) is 5.25. The van der Waals surface area contributed by atoms with Crippen LogP contribution in [0.1, 0.15) is 13.3 Å². The number of halogens is 1. The van der Waals surface area contributed by atoms with E-state index in [4.69, 9.17) is 10.5 Å². The Kier molecular flexibility index (Phi) is 5.52. The molecular formula is C7H16ClNOS. The van der Waals surface area contributed by atoms with Crippen LogP contribution in [0.2, 0.25) is 0 Å². The number of nitrogens with two attached hydrogens (primary N) is 1. The van der Waals surface area contributed by atoms with E-state index in [2.05, 4.69) is 6.26 Å². The summed E-state index contributed by atoms with van der Waals surface area (Å²) in [6.07, 6.45) is 3.56. The molecule has 0 unspecified atom stereocenters. The molecule has 2 N–H and O–H groups in total. The zero-order valence-corrected chi connectivity index (χ0v) is 8.58. The maximum atomic E-state index is 5.75. The summed E-state index contributed by atoms with van der Waals surface area (Å²) in [5.41, 5.74) is 5.75. The van der Waals surface area contributed by atoms with E-state index >= 15 is 0 Å². The molecule has 11 heavy (non-hydrogen) atoms. The van der Waals surface area contributed by atoms with Gasteiger partial charge in [0.25, 0.3) is 0 Å². The Bertz CT molecular complexity index is 113. The fraction of sp³-hybridized carbons (Fsp3) is 1.00. The van der Waals surface area contributed by atoms with E-state index in [-0.39, 0.29) is 12.4 Å². The van der Waals surface area contributed by atoms with Gasteiger partial charge in [-0.15, -0.1) is 12.4 Å². The van der Waals surface area contributed by atoms with Crippen LogP contribution in [0.3, 0.4) is 0 Å². The van der Waals surface area contributed by atoms with Gasteiger partial charge in [-0.05, 0) is 19.6 Å². The Morgan fingerprint density at radius 3 is 2.64 bits per heavy atom. The van der Waals surface area contributed by atoms with E-state index in [0.29, 0.717) is 17.4 Å². The van der Waals surface area contributed by atoms with Gasteiger partial charge < -0.3 is 10.5 Å². The van der Waals surface area contributed by atoms with E-state index in [1.807, 2.05) is 18.7 Å². The van der Waals surface area contributed by atoms with E-state index in [1.54, 1.807) is 0 Å². The summed E-state index contributed by atoms with van der Waals surface area (Å²) in [7, 11) is 0. The Hall–Kier alpha value is 0.560. The van der Waals surface area contributed by atoms with Crippen LogP contribution < -0.4 is 5.73 Å². The normalized spacial score (nSPS) is 35.7. The first-order valence-electron chi connectivity index (χ1n) is 3.69. The highest BCUT2D eigenvalue weighted by Gasteiger charge is 2.38. The Morgan fingerprint density at radius 1 is 1.64 bits per heavy atom. The van der Waals surface area contributed by atoms with Gasteiger partial charge in [0.1, 0.15) is 0 Å². The lowest BCUT2D eigenvalue weighted by Gasteiger charge is -2.40. The highest BCUT2D eigenvalue weighted by molar-refractivity contribution is 7.99. The molecule has 0 amide bonds. The molecule has 0 aromatic carbocycles. The maximum absolute atomic E-state index is 5.75. The fourth-order valence-electron chi connectivity index (χ4n) is 1.32. The largest absolute Gasteiger partial charge is 0.377 e. The molecule has 0 bridgehead atoms. The predicted molar refractivity (Wildman–Crippen MR) is 52.6 cm³/mol. The van der Waals surface area contributed by atoms with Crippen LogP contribution in [0.5, 0.6) is 0 Å². The van der Waals surface area contributed by atoms with Crippen molar-refractivity contribution in [3.05, 3.63) is 0 Å².